The molecule has 0 saturated carbocycles. The summed E-state index contributed by atoms with van der Waals surface area (Å²) in [6, 6.07) is 11.9. The fraction of sp³-hybridized carbons (Fsp3) is 0.381. The molecule has 0 aliphatic rings. The Bertz CT molecular complexity index is 888. The predicted octanol–water partition coefficient (Wildman–Crippen LogP) is 4.13. The van der Waals surface area contributed by atoms with E-state index in [0.29, 0.717) is 18.0 Å². The first-order chi connectivity index (χ1) is 12.7. The highest BCUT2D eigenvalue weighted by molar-refractivity contribution is 7.89. The molecule has 2 rings (SSSR count). The molecule has 27 heavy (non-hydrogen) atoms. The van der Waals surface area contributed by atoms with Crippen LogP contribution in [-0.4, -0.2) is 20.9 Å². The van der Waals surface area contributed by atoms with Gasteiger partial charge in [0, 0.05) is 17.8 Å². The molecule has 146 valence electrons. The van der Waals surface area contributed by atoms with E-state index in [4.69, 9.17) is 0 Å². The van der Waals surface area contributed by atoms with Gasteiger partial charge < -0.3 is 5.32 Å². The Morgan fingerprint density at radius 2 is 1.74 bits per heavy atom. The lowest BCUT2D eigenvalue weighted by molar-refractivity contribution is 0.102. The molecule has 0 radical (unpaired) electrons. The fourth-order valence-corrected chi connectivity index (χ4v) is 3.79. The minimum absolute atomic E-state index is 0.160. The molecule has 2 aromatic rings. The minimum Gasteiger partial charge on any atom is -0.321 e. The molecular formula is C21H28N2O3S. The Balaban J connectivity index is 2.12. The summed E-state index contributed by atoms with van der Waals surface area (Å²) in [5.41, 5.74) is 3.30. The Labute approximate surface area is 162 Å². The van der Waals surface area contributed by atoms with Crippen molar-refractivity contribution in [3.63, 3.8) is 0 Å². The fourth-order valence-electron chi connectivity index (χ4n) is 2.74. The minimum atomic E-state index is -3.56. The van der Waals surface area contributed by atoms with Gasteiger partial charge in [-0.1, -0.05) is 39.0 Å². The van der Waals surface area contributed by atoms with E-state index < -0.39 is 10.0 Å². The van der Waals surface area contributed by atoms with E-state index >= 15 is 0 Å². The maximum Gasteiger partial charge on any atom is 0.255 e. The number of rotatable bonds is 8. The molecule has 0 fully saturated rings. The van der Waals surface area contributed by atoms with Gasteiger partial charge in [-0.25, -0.2) is 13.1 Å². The number of benzene rings is 2. The number of anilines is 1. The zero-order valence-electron chi connectivity index (χ0n) is 16.4. The van der Waals surface area contributed by atoms with E-state index in [1.165, 1.54) is 24.3 Å². The lowest BCUT2D eigenvalue weighted by Gasteiger charge is -2.13. The molecule has 0 aliphatic heterocycles. The third kappa shape index (κ3) is 5.65. The van der Waals surface area contributed by atoms with Crippen LogP contribution in [0.4, 0.5) is 5.69 Å². The van der Waals surface area contributed by atoms with Gasteiger partial charge in [-0.15, -0.1) is 0 Å². The zero-order chi connectivity index (χ0) is 20.0. The molecule has 0 unspecified atom stereocenters. The lowest BCUT2D eigenvalue weighted by Crippen LogP contribution is -2.25. The van der Waals surface area contributed by atoms with Gasteiger partial charge >= 0.3 is 0 Å². The van der Waals surface area contributed by atoms with Gasteiger partial charge in [0.1, 0.15) is 0 Å². The van der Waals surface area contributed by atoms with Crippen LogP contribution in [0.3, 0.4) is 0 Å². The number of hydrogen-bond acceptors (Lipinski definition) is 3. The second kappa shape index (κ2) is 9.15. The quantitative estimate of drug-likeness (QED) is 0.714. The van der Waals surface area contributed by atoms with Crippen molar-refractivity contribution >= 4 is 21.6 Å². The van der Waals surface area contributed by atoms with Gasteiger partial charge in [-0.05, 0) is 61.1 Å². The van der Waals surface area contributed by atoms with Crippen molar-refractivity contribution in [1.82, 2.24) is 4.72 Å². The smallest absolute Gasteiger partial charge is 0.255 e. The molecule has 0 saturated heterocycles. The van der Waals surface area contributed by atoms with E-state index in [0.717, 1.165) is 29.7 Å². The number of sulfonamides is 1. The van der Waals surface area contributed by atoms with E-state index in [2.05, 4.69) is 10.0 Å². The van der Waals surface area contributed by atoms with Crippen LogP contribution in [0.2, 0.25) is 0 Å². The highest BCUT2D eigenvalue weighted by atomic mass is 32.2. The summed E-state index contributed by atoms with van der Waals surface area (Å²) in [5.74, 6) is 0.170. The van der Waals surface area contributed by atoms with Crippen molar-refractivity contribution in [2.45, 2.75) is 45.4 Å². The van der Waals surface area contributed by atoms with Crippen molar-refractivity contribution in [1.29, 1.82) is 0 Å². The van der Waals surface area contributed by atoms with Crippen LogP contribution in [0, 0.1) is 12.8 Å². The standard InChI is InChI=1S/C21H28N2O3S/c1-5-17-8-6-7-16(4)20(17)23-21(24)18-9-11-19(12-10-18)27(25,26)22-14-13-15(2)3/h6-12,15,22H,5,13-14H2,1-4H3,(H,23,24). The molecule has 2 N–H and O–H groups in total. The van der Waals surface area contributed by atoms with Gasteiger partial charge in [0.2, 0.25) is 10.0 Å². The topological polar surface area (TPSA) is 75.3 Å². The second-order valence-corrected chi connectivity index (χ2v) is 8.79. The molecule has 0 aromatic heterocycles. The maximum absolute atomic E-state index is 12.6. The first-order valence-corrected chi connectivity index (χ1v) is 10.7. The summed E-state index contributed by atoms with van der Waals surface area (Å²) >= 11 is 0. The molecule has 2 aromatic carbocycles. The highest BCUT2D eigenvalue weighted by Gasteiger charge is 2.15. The summed E-state index contributed by atoms with van der Waals surface area (Å²) < 4.78 is 27.2. The van der Waals surface area contributed by atoms with Crippen LogP contribution in [-0.2, 0) is 16.4 Å². The first-order valence-electron chi connectivity index (χ1n) is 9.24. The predicted molar refractivity (Wildman–Crippen MR) is 110 cm³/mol. The Hall–Kier alpha value is -2.18. The molecule has 5 nitrogen and oxygen atoms in total. The number of aryl methyl sites for hydroxylation is 2. The molecule has 0 bridgehead atoms. The Kier molecular flexibility index (Phi) is 7.16. The number of carbonyl (C=O) groups excluding carboxylic acids is 1. The number of amides is 1. The van der Waals surface area contributed by atoms with Gasteiger partial charge in [-0.2, -0.15) is 0 Å². The molecule has 0 spiro atoms. The van der Waals surface area contributed by atoms with Crippen molar-refractivity contribution in [3.05, 3.63) is 59.2 Å². The summed E-state index contributed by atoms with van der Waals surface area (Å²) in [7, 11) is -3.56. The zero-order valence-corrected chi connectivity index (χ0v) is 17.2. The van der Waals surface area contributed by atoms with Crippen molar-refractivity contribution < 1.29 is 13.2 Å². The number of para-hydroxylation sites is 1. The second-order valence-electron chi connectivity index (χ2n) is 7.02. The molecular weight excluding hydrogens is 360 g/mol. The summed E-state index contributed by atoms with van der Waals surface area (Å²) in [4.78, 5) is 12.7. The average molecular weight is 389 g/mol. The number of hydrogen-bond donors (Lipinski definition) is 2. The van der Waals surface area contributed by atoms with Crippen molar-refractivity contribution in [2.75, 3.05) is 11.9 Å². The van der Waals surface area contributed by atoms with Crippen molar-refractivity contribution in [2.24, 2.45) is 5.92 Å². The van der Waals surface area contributed by atoms with E-state index in [1.807, 2.05) is 45.9 Å². The lowest BCUT2D eigenvalue weighted by atomic mass is 10.1. The maximum atomic E-state index is 12.6. The molecule has 0 heterocycles. The first kappa shape index (κ1) is 21.1. The van der Waals surface area contributed by atoms with Crippen LogP contribution in [0.15, 0.2) is 47.4 Å². The van der Waals surface area contributed by atoms with Gasteiger partial charge in [0.05, 0.1) is 4.90 Å². The van der Waals surface area contributed by atoms with Gasteiger partial charge in [0.25, 0.3) is 5.91 Å². The summed E-state index contributed by atoms with van der Waals surface area (Å²) in [6.45, 7) is 8.47. The Morgan fingerprint density at radius 3 is 2.33 bits per heavy atom. The third-order valence-corrected chi connectivity index (χ3v) is 5.90. The summed E-state index contributed by atoms with van der Waals surface area (Å²) in [6.07, 6.45) is 1.59. The van der Waals surface area contributed by atoms with Crippen molar-refractivity contribution in [3.8, 4) is 0 Å². The van der Waals surface area contributed by atoms with Crippen LogP contribution in [0.25, 0.3) is 0 Å². The molecule has 6 heteroatoms. The molecule has 0 atom stereocenters. The summed E-state index contributed by atoms with van der Waals surface area (Å²) in [5, 5.41) is 2.95. The largest absolute Gasteiger partial charge is 0.321 e. The monoisotopic (exact) mass is 388 g/mol. The average Bonchev–Trinajstić information content (AvgIpc) is 2.63. The van der Waals surface area contributed by atoms with E-state index in [-0.39, 0.29) is 10.8 Å². The SMILES string of the molecule is CCc1cccc(C)c1NC(=O)c1ccc(S(=O)(=O)NCCC(C)C)cc1. The highest BCUT2D eigenvalue weighted by Crippen LogP contribution is 2.22. The number of carbonyl (C=O) groups is 1. The molecule has 1 amide bonds. The van der Waals surface area contributed by atoms with Crippen LogP contribution in [0.1, 0.15) is 48.7 Å². The normalized spacial score (nSPS) is 11.6. The van der Waals surface area contributed by atoms with Gasteiger partial charge in [-0.3, -0.25) is 4.79 Å². The van der Waals surface area contributed by atoms with Crippen LogP contribution >= 0.6 is 0 Å². The third-order valence-electron chi connectivity index (χ3n) is 4.42. The Morgan fingerprint density at radius 1 is 1.07 bits per heavy atom. The van der Waals surface area contributed by atoms with Crippen LogP contribution in [0.5, 0.6) is 0 Å². The van der Waals surface area contributed by atoms with E-state index in [1.54, 1.807) is 0 Å². The van der Waals surface area contributed by atoms with E-state index in [9.17, 15) is 13.2 Å². The number of nitrogens with one attached hydrogen (secondary N) is 2. The van der Waals surface area contributed by atoms with Crippen LogP contribution < -0.4 is 10.0 Å². The molecule has 0 aliphatic carbocycles. The van der Waals surface area contributed by atoms with Gasteiger partial charge in [0.15, 0.2) is 0 Å².